The zero-order valence-corrected chi connectivity index (χ0v) is 19.1. The largest absolute Gasteiger partial charge is 0.593 e. The van der Waals surface area contributed by atoms with Crippen molar-refractivity contribution in [1.82, 2.24) is 8.61 Å². The van der Waals surface area contributed by atoms with Crippen LogP contribution < -0.4 is 9.47 Å². The summed E-state index contributed by atoms with van der Waals surface area (Å²) in [6.45, 7) is -0.168. The number of fused-ring (bicyclic) bond motifs is 1. The number of ether oxygens (including phenoxy) is 2. The first-order chi connectivity index (χ1) is 14.6. The van der Waals surface area contributed by atoms with Gasteiger partial charge >= 0.3 is 0 Å². The monoisotopic (exact) mass is 538 g/mol. The second-order valence-corrected chi connectivity index (χ2v) is 11.5. The van der Waals surface area contributed by atoms with Gasteiger partial charge in [0.15, 0.2) is 48.8 Å². The van der Waals surface area contributed by atoms with Crippen LogP contribution in [0.15, 0.2) is 44.6 Å². The summed E-state index contributed by atoms with van der Waals surface area (Å²) in [6, 6.07) is 5.97. The highest BCUT2D eigenvalue weighted by molar-refractivity contribution is 9.10. The van der Waals surface area contributed by atoms with Crippen LogP contribution in [-0.2, 0) is 29.2 Å². The summed E-state index contributed by atoms with van der Waals surface area (Å²) in [4.78, 5) is -1.07. The first kappa shape index (κ1) is 22.7. The van der Waals surface area contributed by atoms with Crippen LogP contribution in [0.25, 0.3) is 0 Å². The zero-order chi connectivity index (χ0) is 22.4. The molecule has 2 aliphatic heterocycles. The van der Waals surface area contributed by atoms with Crippen LogP contribution in [-0.4, -0.2) is 57.1 Å². The van der Waals surface area contributed by atoms with E-state index in [2.05, 4.69) is 15.9 Å². The van der Waals surface area contributed by atoms with Gasteiger partial charge in [-0.1, -0.05) is 24.3 Å². The van der Waals surface area contributed by atoms with Gasteiger partial charge in [-0.25, -0.2) is 8.78 Å². The fraction of sp³-hybridized carbons (Fsp3) is 0.333. The van der Waals surface area contributed by atoms with Gasteiger partial charge in [-0.15, -0.1) is 8.61 Å². The fourth-order valence-corrected chi connectivity index (χ4v) is 6.74. The minimum Gasteiger partial charge on any atom is -0.593 e. The summed E-state index contributed by atoms with van der Waals surface area (Å²) >= 11 is 2.91. The van der Waals surface area contributed by atoms with Crippen molar-refractivity contribution in [2.24, 2.45) is 0 Å². The molecule has 0 saturated carbocycles. The Morgan fingerprint density at radius 1 is 0.839 bits per heavy atom. The van der Waals surface area contributed by atoms with Crippen LogP contribution in [0.1, 0.15) is 0 Å². The van der Waals surface area contributed by atoms with Crippen molar-refractivity contribution in [3.63, 3.8) is 0 Å². The summed E-state index contributed by atoms with van der Waals surface area (Å²) in [5.74, 6) is -1.69. The molecule has 0 amide bonds. The summed E-state index contributed by atoms with van der Waals surface area (Å²) in [5.41, 5.74) is 0. The molecule has 8 nitrogen and oxygen atoms in total. The van der Waals surface area contributed by atoms with E-state index in [0.717, 1.165) is 20.7 Å². The van der Waals surface area contributed by atoms with E-state index < -0.39 is 37.3 Å². The molecular weight excluding hydrogens is 522 g/mol. The number of sulfonamides is 2. The van der Waals surface area contributed by atoms with Crippen molar-refractivity contribution in [3.8, 4) is 11.5 Å². The maximum Gasteiger partial charge on any atom is 0.246 e. The molecule has 2 aromatic carbocycles. The van der Waals surface area contributed by atoms with Crippen LogP contribution in [0.3, 0.4) is 0 Å². The average Bonchev–Trinajstić information content (AvgIpc) is 2.72. The molecule has 1 fully saturated rings. The van der Waals surface area contributed by atoms with Gasteiger partial charge in [-0.3, -0.25) is 0 Å². The maximum absolute atomic E-state index is 14.2. The van der Waals surface area contributed by atoms with Crippen LogP contribution in [0.2, 0.25) is 0 Å². The number of benzene rings is 2. The number of hydrogen-bond donors (Lipinski definition) is 0. The van der Waals surface area contributed by atoms with E-state index in [1.54, 1.807) is 0 Å². The molecule has 2 unspecified atom stereocenters. The Kier molecular flexibility index (Phi) is 6.20. The second kappa shape index (κ2) is 8.46. The Labute approximate surface area is 188 Å². The minimum atomic E-state index is -4.48. The van der Waals surface area contributed by atoms with Gasteiger partial charge < -0.3 is 18.6 Å². The Morgan fingerprint density at radius 2 is 1.35 bits per heavy atom. The minimum absolute atomic E-state index is 0.0157. The van der Waals surface area contributed by atoms with Gasteiger partial charge in [0.05, 0.1) is 26.2 Å². The van der Waals surface area contributed by atoms with Crippen molar-refractivity contribution < 1.29 is 35.8 Å². The van der Waals surface area contributed by atoms with Gasteiger partial charge in [0.25, 0.3) is 0 Å². The Morgan fingerprint density at radius 3 is 1.94 bits per heavy atom. The Hall–Kier alpha value is -1.48. The number of halogens is 3. The van der Waals surface area contributed by atoms with Crippen LogP contribution in [0.5, 0.6) is 11.5 Å². The average molecular weight is 539 g/mol. The fourth-order valence-electron chi connectivity index (χ4n) is 3.39. The van der Waals surface area contributed by atoms with E-state index in [1.165, 1.54) is 18.2 Å². The summed E-state index contributed by atoms with van der Waals surface area (Å²) in [7, 11) is -8.41. The van der Waals surface area contributed by atoms with E-state index in [-0.39, 0.29) is 35.5 Å². The number of nitrogens with zero attached hydrogens (tertiary/aromatic N) is 2. The third-order valence-corrected chi connectivity index (χ3v) is 9.21. The molecule has 168 valence electrons. The van der Waals surface area contributed by atoms with E-state index in [0.29, 0.717) is 24.7 Å². The third-order valence-electron chi connectivity index (χ3n) is 4.91. The predicted octanol–water partition coefficient (Wildman–Crippen LogP) is 2.62. The third kappa shape index (κ3) is 4.27. The highest BCUT2D eigenvalue weighted by Crippen LogP contribution is 2.36. The summed E-state index contributed by atoms with van der Waals surface area (Å²) < 4.78 is 92.7. The molecule has 2 atom stereocenters. The smallest absolute Gasteiger partial charge is 0.246 e. The highest BCUT2D eigenvalue weighted by Gasteiger charge is 2.42. The zero-order valence-electron chi connectivity index (χ0n) is 15.9. The quantitative estimate of drug-likeness (QED) is 0.554. The van der Waals surface area contributed by atoms with Gasteiger partial charge in [-0.2, -0.15) is 0 Å². The SMILES string of the molecule is O=[S+]([O-])(c1ccc2c(c1)OCCO2)N1CCN([S+](=O)([O-])c2c(F)cc(Br)cc2F)CC1. The van der Waals surface area contributed by atoms with Gasteiger partial charge in [-0.05, 0) is 24.3 Å². The maximum atomic E-state index is 14.2. The second-order valence-electron chi connectivity index (χ2n) is 6.81. The van der Waals surface area contributed by atoms with Crippen molar-refractivity contribution >= 4 is 36.7 Å². The molecule has 1 saturated heterocycles. The van der Waals surface area contributed by atoms with Gasteiger partial charge in [0.1, 0.15) is 13.2 Å². The van der Waals surface area contributed by atoms with E-state index >= 15 is 0 Å². The number of rotatable bonds is 4. The number of piperazine rings is 1. The first-order valence-electron chi connectivity index (χ1n) is 9.15. The molecule has 0 aliphatic carbocycles. The molecule has 13 heteroatoms. The molecule has 2 heterocycles. The van der Waals surface area contributed by atoms with Gasteiger partial charge in [0, 0.05) is 10.5 Å². The van der Waals surface area contributed by atoms with Crippen molar-refractivity contribution in [2.75, 3.05) is 39.4 Å². The molecule has 0 spiro atoms. The molecule has 0 radical (unpaired) electrons. The topological polar surface area (TPSA) is 105 Å². The predicted molar refractivity (Wildman–Crippen MR) is 109 cm³/mol. The van der Waals surface area contributed by atoms with Crippen molar-refractivity contribution in [1.29, 1.82) is 0 Å². The lowest BCUT2D eigenvalue weighted by Crippen LogP contribution is -2.54. The van der Waals surface area contributed by atoms with Crippen LogP contribution >= 0.6 is 15.9 Å². The highest BCUT2D eigenvalue weighted by atomic mass is 79.9. The van der Waals surface area contributed by atoms with E-state index in [9.17, 15) is 26.3 Å². The molecule has 4 rings (SSSR count). The molecular formula is C18H17BrF2N2O6S2. The molecule has 0 bridgehead atoms. The molecule has 2 aromatic rings. The standard InChI is InChI=1S/C18H17BrF2N2O6S2/c19-12-9-14(20)18(15(21)10-12)31(26,27)23-5-3-22(4-6-23)30(24,25)13-1-2-16-17(11-13)29-8-7-28-16/h1-2,9-11H,3-8H2. The molecule has 0 aromatic heterocycles. The van der Waals surface area contributed by atoms with Crippen molar-refractivity contribution in [3.05, 3.63) is 46.4 Å². The van der Waals surface area contributed by atoms with Crippen LogP contribution in [0.4, 0.5) is 8.78 Å². The lowest BCUT2D eigenvalue weighted by atomic mass is 10.3. The first-order valence-corrected chi connectivity index (χ1v) is 12.8. The van der Waals surface area contributed by atoms with E-state index in [4.69, 9.17) is 9.47 Å². The van der Waals surface area contributed by atoms with E-state index in [1.807, 2.05) is 0 Å². The normalized spacial score (nSPS) is 21.3. The molecule has 31 heavy (non-hydrogen) atoms. The number of hydrogen-bond acceptors (Lipinski definition) is 6. The summed E-state index contributed by atoms with van der Waals surface area (Å²) in [5, 5.41) is 0. The Balaban J connectivity index is 1.52. The Bertz CT molecular complexity index is 1090. The lowest BCUT2D eigenvalue weighted by molar-refractivity contribution is 0.171. The van der Waals surface area contributed by atoms with Crippen molar-refractivity contribution in [2.45, 2.75) is 9.79 Å². The molecule has 2 aliphatic rings. The van der Waals surface area contributed by atoms with Crippen LogP contribution in [0, 0.1) is 11.6 Å². The molecule has 0 N–H and O–H groups in total. The van der Waals surface area contributed by atoms with Gasteiger partial charge in [0.2, 0.25) is 4.90 Å². The lowest BCUT2D eigenvalue weighted by Gasteiger charge is -2.36. The summed E-state index contributed by atoms with van der Waals surface area (Å²) in [6.07, 6.45) is 0.